The Bertz CT molecular complexity index is 649. The number of sulfone groups is 1. The van der Waals surface area contributed by atoms with Gasteiger partial charge in [0.15, 0.2) is 0 Å². The Kier molecular flexibility index (Phi) is 4.58. The first-order valence-electron chi connectivity index (χ1n) is 6.43. The number of carbonyl (C=O) groups excluding carboxylic acids is 1. The summed E-state index contributed by atoms with van der Waals surface area (Å²) in [4.78, 5) is 13.2. The maximum absolute atomic E-state index is 13.8. The van der Waals surface area contributed by atoms with Crippen molar-refractivity contribution >= 4 is 15.7 Å². The average molecular weight is 318 g/mol. The van der Waals surface area contributed by atoms with E-state index in [1.807, 2.05) is 0 Å². The molecule has 0 bridgehead atoms. The molecule has 1 aliphatic heterocycles. The molecule has 0 spiro atoms. The third-order valence-corrected chi connectivity index (χ3v) is 4.28. The summed E-state index contributed by atoms with van der Waals surface area (Å²) >= 11 is 0. The normalized spacial score (nSPS) is 19.3. The second kappa shape index (κ2) is 6.07. The van der Waals surface area contributed by atoms with Crippen LogP contribution in [0.4, 0.5) is 8.78 Å². The molecule has 1 fully saturated rings. The Morgan fingerprint density at radius 3 is 2.71 bits per heavy atom. The SMILES string of the molecule is CS(=O)(=O)CCCN1C(=O)CNC1c1ccc(F)cc1F. The van der Waals surface area contributed by atoms with Gasteiger partial charge in [0.25, 0.3) is 0 Å². The number of nitrogens with one attached hydrogen (secondary N) is 1. The topological polar surface area (TPSA) is 66.5 Å². The van der Waals surface area contributed by atoms with Crippen molar-refractivity contribution in [2.24, 2.45) is 0 Å². The van der Waals surface area contributed by atoms with Gasteiger partial charge in [0.2, 0.25) is 5.91 Å². The van der Waals surface area contributed by atoms with Crippen LogP contribution in [0.1, 0.15) is 18.2 Å². The second-order valence-corrected chi connectivity index (χ2v) is 7.28. The number of carbonyl (C=O) groups is 1. The molecule has 1 aromatic carbocycles. The molecule has 1 saturated heterocycles. The van der Waals surface area contributed by atoms with Gasteiger partial charge < -0.3 is 4.90 Å². The predicted octanol–water partition coefficient (Wildman–Crippen LogP) is 0.830. The number of amides is 1. The maximum atomic E-state index is 13.8. The summed E-state index contributed by atoms with van der Waals surface area (Å²) in [7, 11) is -3.11. The fourth-order valence-corrected chi connectivity index (χ4v) is 2.95. The molecule has 1 amide bonds. The fraction of sp³-hybridized carbons (Fsp3) is 0.462. The van der Waals surface area contributed by atoms with Gasteiger partial charge in [-0.3, -0.25) is 10.1 Å². The van der Waals surface area contributed by atoms with Crippen molar-refractivity contribution in [2.45, 2.75) is 12.6 Å². The Morgan fingerprint density at radius 1 is 1.38 bits per heavy atom. The van der Waals surface area contributed by atoms with Crippen molar-refractivity contribution in [3.8, 4) is 0 Å². The Morgan fingerprint density at radius 2 is 2.10 bits per heavy atom. The summed E-state index contributed by atoms with van der Waals surface area (Å²) in [6.07, 6.45) is 0.692. The van der Waals surface area contributed by atoms with Gasteiger partial charge in [-0.2, -0.15) is 0 Å². The zero-order valence-corrected chi connectivity index (χ0v) is 12.3. The van der Waals surface area contributed by atoms with Crippen molar-refractivity contribution in [3.63, 3.8) is 0 Å². The highest BCUT2D eigenvalue weighted by molar-refractivity contribution is 7.90. The number of hydrogen-bond donors (Lipinski definition) is 1. The lowest BCUT2D eigenvalue weighted by atomic mass is 10.1. The lowest BCUT2D eigenvalue weighted by molar-refractivity contribution is -0.128. The zero-order valence-electron chi connectivity index (χ0n) is 11.5. The number of nitrogens with zero attached hydrogens (tertiary/aromatic N) is 1. The van der Waals surface area contributed by atoms with E-state index in [-0.39, 0.29) is 36.7 Å². The Hall–Kier alpha value is -1.54. The van der Waals surface area contributed by atoms with Crippen molar-refractivity contribution < 1.29 is 22.0 Å². The Balaban J connectivity index is 2.12. The summed E-state index contributed by atoms with van der Waals surface area (Å²) in [6, 6.07) is 3.16. The molecule has 21 heavy (non-hydrogen) atoms. The van der Waals surface area contributed by atoms with E-state index in [0.717, 1.165) is 18.4 Å². The van der Waals surface area contributed by atoms with Gasteiger partial charge in [0.05, 0.1) is 12.3 Å². The molecule has 8 heteroatoms. The largest absolute Gasteiger partial charge is 0.322 e. The standard InChI is InChI=1S/C13H16F2N2O3S/c1-21(19,20)6-2-5-17-12(18)8-16-13(17)10-4-3-9(14)7-11(10)15/h3-4,7,13,16H,2,5-6,8H2,1H3. The van der Waals surface area contributed by atoms with Crippen LogP contribution in [0.3, 0.4) is 0 Å². The highest BCUT2D eigenvalue weighted by Crippen LogP contribution is 2.25. The van der Waals surface area contributed by atoms with Crippen LogP contribution in [-0.4, -0.2) is 44.3 Å². The van der Waals surface area contributed by atoms with E-state index in [9.17, 15) is 22.0 Å². The molecule has 1 atom stereocenters. The van der Waals surface area contributed by atoms with Crippen molar-refractivity contribution in [2.75, 3.05) is 25.1 Å². The van der Waals surface area contributed by atoms with Gasteiger partial charge >= 0.3 is 0 Å². The first kappa shape index (κ1) is 15.8. The molecule has 1 heterocycles. The van der Waals surface area contributed by atoms with Crippen LogP contribution in [0.15, 0.2) is 18.2 Å². The lowest BCUT2D eigenvalue weighted by Crippen LogP contribution is -2.32. The fourth-order valence-electron chi connectivity index (χ4n) is 2.29. The molecule has 0 saturated carbocycles. The quantitative estimate of drug-likeness (QED) is 0.873. The minimum Gasteiger partial charge on any atom is -0.322 e. The monoisotopic (exact) mass is 318 g/mol. The molecular weight excluding hydrogens is 302 g/mol. The van der Waals surface area contributed by atoms with Gasteiger partial charge in [0.1, 0.15) is 27.6 Å². The molecule has 1 aromatic rings. The van der Waals surface area contributed by atoms with E-state index in [1.165, 1.54) is 11.0 Å². The van der Waals surface area contributed by atoms with Gasteiger partial charge in [-0.05, 0) is 18.6 Å². The van der Waals surface area contributed by atoms with Crippen LogP contribution in [-0.2, 0) is 14.6 Å². The third kappa shape index (κ3) is 3.98. The summed E-state index contributed by atoms with van der Waals surface area (Å²) in [6.45, 7) is 0.237. The maximum Gasteiger partial charge on any atom is 0.238 e. The average Bonchev–Trinajstić information content (AvgIpc) is 2.70. The zero-order chi connectivity index (χ0) is 15.6. The molecule has 5 nitrogen and oxygen atoms in total. The van der Waals surface area contributed by atoms with Crippen LogP contribution in [0.2, 0.25) is 0 Å². The molecule has 1 unspecified atom stereocenters. The molecule has 2 rings (SSSR count). The lowest BCUT2D eigenvalue weighted by Gasteiger charge is -2.24. The number of rotatable bonds is 5. The van der Waals surface area contributed by atoms with E-state index in [2.05, 4.69) is 5.32 Å². The van der Waals surface area contributed by atoms with Crippen LogP contribution in [0.5, 0.6) is 0 Å². The highest BCUT2D eigenvalue weighted by Gasteiger charge is 2.32. The second-order valence-electron chi connectivity index (χ2n) is 5.02. The summed E-state index contributed by atoms with van der Waals surface area (Å²) in [5, 5.41) is 2.85. The van der Waals surface area contributed by atoms with E-state index in [4.69, 9.17) is 0 Å². The smallest absolute Gasteiger partial charge is 0.238 e. The minimum atomic E-state index is -3.11. The number of benzene rings is 1. The van der Waals surface area contributed by atoms with Crippen LogP contribution < -0.4 is 5.32 Å². The minimum absolute atomic E-state index is 0.0420. The van der Waals surface area contributed by atoms with E-state index in [0.29, 0.717) is 0 Å². The van der Waals surface area contributed by atoms with Gasteiger partial charge in [-0.25, -0.2) is 17.2 Å². The molecule has 0 aromatic heterocycles. The van der Waals surface area contributed by atoms with E-state index in [1.54, 1.807) is 0 Å². The van der Waals surface area contributed by atoms with Crippen molar-refractivity contribution in [1.29, 1.82) is 0 Å². The predicted molar refractivity (Wildman–Crippen MR) is 73.1 cm³/mol. The summed E-state index contributed by atoms with van der Waals surface area (Å²) in [5.74, 6) is -1.72. The van der Waals surface area contributed by atoms with Crippen LogP contribution in [0, 0.1) is 11.6 Å². The van der Waals surface area contributed by atoms with Gasteiger partial charge in [0, 0.05) is 24.4 Å². The highest BCUT2D eigenvalue weighted by atomic mass is 32.2. The van der Waals surface area contributed by atoms with E-state index >= 15 is 0 Å². The molecule has 1 aliphatic rings. The first-order chi connectivity index (χ1) is 9.78. The molecule has 1 N–H and O–H groups in total. The number of halogens is 2. The van der Waals surface area contributed by atoms with Crippen molar-refractivity contribution in [3.05, 3.63) is 35.4 Å². The first-order valence-corrected chi connectivity index (χ1v) is 8.49. The van der Waals surface area contributed by atoms with Crippen LogP contribution in [0.25, 0.3) is 0 Å². The summed E-state index contributed by atoms with van der Waals surface area (Å²) < 4.78 is 49.0. The molecular formula is C13H16F2N2O3S. The van der Waals surface area contributed by atoms with E-state index < -0.39 is 27.6 Å². The molecule has 0 aliphatic carbocycles. The Labute approximate surface area is 121 Å². The molecule has 116 valence electrons. The number of hydrogen-bond acceptors (Lipinski definition) is 4. The van der Waals surface area contributed by atoms with Crippen molar-refractivity contribution in [1.82, 2.24) is 10.2 Å². The molecule has 0 radical (unpaired) electrons. The summed E-state index contributed by atoms with van der Waals surface area (Å²) in [5.41, 5.74) is 0.168. The van der Waals surface area contributed by atoms with Gasteiger partial charge in [-0.1, -0.05) is 0 Å². The third-order valence-electron chi connectivity index (χ3n) is 3.25. The van der Waals surface area contributed by atoms with Gasteiger partial charge in [-0.15, -0.1) is 0 Å². The van der Waals surface area contributed by atoms with Crippen LogP contribution >= 0.6 is 0 Å².